The number of nitrogens with zero attached hydrogens (tertiary/aromatic N) is 2. The van der Waals surface area contributed by atoms with Crippen molar-refractivity contribution in [1.29, 1.82) is 5.26 Å². The molecule has 1 aromatic rings. The first-order chi connectivity index (χ1) is 7.99. The summed E-state index contributed by atoms with van der Waals surface area (Å²) in [7, 11) is 3.65. The van der Waals surface area contributed by atoms with E-state index in [0.29, 0.717) is 0 Å². The molecule has 0 bridgehead atoms. The number of hydrogen-bond donors (Lipinski definition) is 0. The molecule has 3 heteroatoms. The van der Waals surface area contributed by atoms with Gasteiger partial charge in [0.15, 0.2) is 0 Å². The molecule has 0 amide bonds. The van der Waals surface area contributed by atoms with Gasteiger partial charge in [-0.3, -0.25) is 4.90 Å². The quantitative estimate of drug-likeness (QED) is 0.800. The normalized spacial score (nSPS) is 12.3. The van der Waals surface area contributed by atoms with Gasteiger partial charge in [0.25, 0.3) is 0 Å². The van der Waals surface area contributed by atoms with Crippen LogP contribution < -0.4 is 4.74 Å². The van der Waals surface area contributed by atoms with Crippen LogP contribution in [-0.2, 0) is 6.54 Å². The summed E-state index contributed by atoms with van der Waals surface area (Å²) in [6.45, 7) is 6.80. The summed E-state index contributed by atoms with van der Waals surface area (Å²) in [5, 5.41) is 8.88. The van der Waals surface area contributed by atoms with Gasteiger partial charge in [0.1, 0.15) is 5.75 Å². The van der Waals surface area contributed by atoms with Crippen molar-refractivity contribution in [3.8, 4) is 11.8 Å². The van der Waals surface area contributed by atoms with Crippen molar-refractivity contribution in [3.05, 3.63) is 28.8 Å². The van der Waals surface area contributed by atoms with Crippen molar-refractivity contribution < 1.29 is 4.74 Å². The maximum absolute atomic E-state index is 8.88. The van der Waals surface area contributed by atoms with Crippen LogP contribution in [0.4, 0.5) is 0 Å². The van der Waals surface area contributed by atoms with Gasteiger partial charge in [0, 0.05) is 6.54 Å². The molecule has 1 atom stereocenters. The summed E-state index contributed by atoms with van der Waals surface area (Å²) in [5.74, 6) is 0.919. The molecule has 0 aliphatic rings. The number of methoxy groups -OCH3 is 1. The summed E-state index contributed by atoms with van der Waals surface area (Å²) in [6, 6.07) is 6.36. The average Bonchev–Trinajstić information content (AvgIpc) is 2.32. The van der Waals surface area contributed by atoms with Gasteiger partial charge in [-0.05, 0) is 50.6 Å². The number of benzene rings is 1. The van der Waals surface area contributed by atoms with Crippen LogP contribution in [0.1, 0.15) is 23.6 Å². The minimum atomic E-state index is -0.0724. The number of hydrogen-bond acceptors (Lipinski definition) is 3. The molecule has 0 aliphatic carbocycles. The van der Waals surface area contributed by atoms with Gasteiger partial charge < -0.3 is 4.74 Å². The van der Waals surface area contributed by atoms with Crippen LogP contribution in [0.15, 0.2) is 12.1 Å². The summed E-state index contributed by atoms with van der Waals surface area (Å²) >= 11 is 0. The van der Waals surface area contributed by atoms with Crippen LogP contribution in [0.3, 0.4) is 0 Å². The Morgan fingerprint density at radius 1 is 1.35 bits per heavy atom. The molecular weight excluding hydrogens is 212 g/mol. The lowest BCUT2D eigenvalue weighted by Crippen LogP contribution is -2.27. The third-order valence-corrected chi connectivity index (χ3v) is 3.12. The van der Waals surface area contributed by atoms with E-state index in [-0.39, 0.29) is 6.04 Å². The van der Waals surface area contributed by atoms with E-state index in [0.717, 1.165) is 17.9 Å². The highest BCUT2D eigenvalue weighted by Gasteiger charge is 2.11. The van der Waals surface area contributed by atoms with Gasteiger partial charge >= 0.3 is 0 Å². The molecule has 0 saturated heterocycles. The number of rotatable bonds is 4. The third kappa shape index (κ3) is 3.21. The molecule has 0 aliphatic heterocycles. The second-order valence-corrected chi connectivity index (χ2v) is 4.47. The fourth-order valence-corrected chi connectivity index (χ4v) is 1.74. The van der Waals surface area contributed by atoms with E-state index in [1.165, 1.54) is 11.1 Å². The number of aryl methyl sites for hydroxylation is 2. The Kier molecular flexibility index (Phi) is 4.53. The van der Waals surface area contributed by atoms with Crippen molar-refractivity contribution in [2.24, 2.45) is 0 Å². The van der Waals surface area contributed by atoms with Gasteiger partial charge in [-0.1, -0.05) is 6.07 Å². The van der Waals surface area contributed by atoms with Crippen LogP contribution in [0.5, 0.6) is 5.75 Å². The first-order valence-corrected chi connectivity index (χ1v) is 5.73. The van der Waals surface area contributed by atoms with Crippen LogP contribution >= 0.6 is 0 Å². The van der Waals surface area contributed by atoms with Crippen molar-refractivity contribution >= 4 is 0 Å². The van der Waals surface area contributed by atoms with E-state index in [2.05, 4.69) is 25.1 Å². The Hall–Kier alpha value is -1.53. The summed E-state index contributed by atoms with van der Waals surface area (Å²) in [4.78, 5) is 2.04. The van der Waals surface area contributed by atoms with Crippen LogP contribution in [0.25, 0.3) is 0 Å². The van der Waals surface area contributed by atoms with Gasteiger partial charge in [-0.15, -0.1) is 0 Å². The summed E-state index contributed by atoms with van der Waals surface area (Å²) in [5.41, 5.74) is 3.57. The fourth-order valence-electron chi connectivity index (χ4n) is 1.74. The lowest BCUT2D eigenvalue weighted by molar-refractivity contribution is 0.293. The Balaban J connectivity index is 2.93. The topological polar surface area (TPSA) is 36.3 Å². The Morgan fingerprint density at radius 2 is 2.00 bits per heavy atom. The lowest BCUT2D eigenvalue weighted by atomic mass is 10.0. The van der Waals surface area contributed by atoms with E-state index in [9.17, 15) is 0 Å². The highest BCUT2D eigenvalue weighted by molar-refractivity contribution is 5.41. The molecule has 1 aromatic carbocycles. The summed E-state index contributed by atoms with van der Waals surface area (Å²) < 4.78 is 5.29. The molecule has 0 spiro atoms. The maximum atomic E-state index is 8.88. The highest BCUT2D eigenvalue weighted by Crippen LogP contribution is 2.23. The minimum absolute atomic E-state index is 0.0724. The molecule has 1 unspecified atom stereocenters. The Morgan fingerprint density at radius 3 is 2.53 bits per heavy atom. The average molecular weight is 232 g/mol. The molecule has 3 nitrogen and oxygen atoms in total. The predicted molar refractivity (Wildman–Crippen MR) is 69.0 cm³/mol. The number of nitriles is 1. The Labute approximate surface area is 104 Å². The van der Waals surface area contributed by atoms with Crippen molar-refractivity contribution in [2.75, 3.05) is 14.2 Å². The second-order valence-electron chi connectivity index (χ2n) is 4.47. The predicted octanol–water partition coefficient (Wildman–Crippen LogP) is 2.66. The first kappa shape index (κ1) is 13.5. The molecule has 92 valence electrons. The molecule has 0 saturated carbocycles. The maximum Gasteiger partial charge on any atom is 0.122 e. The minimum Gasteiger partial charge on any atom is -0.496 e. The van der Waals surface area contributed by atoms with Gasteiger partial charge in [-0.25, -0.2) is 0 Å². The largest absolute Gasteiger partial charge is 0.496 e. The van der Waals surface area contributed by atoms with Crippen LogP contribution in [0, 0.1) is 25.2 Å². The van der Waals surface area contributed by atoms with Crippen LogP contribution in [0.2, 0.25) is 0 Å². The molecule has 0 aromatic heterocycles. The molecule has 0 heterocycles. The second kappa shape index (κ2) is 5.70. The van der Waals surface area contributed by atoms with Crippen molar-refractivity contribution in [2.45, 2.75) is 33.4 Å². The SMILES string of the molecule is COc1cc(C)c(CN(C)C(C)C#N)cc1C. The molecule has 1 rings (SSSR count). The molecular formula is C14H20N2O. The van der Waals surface area contributed by atoms with Crippen LogP contribution in [-0.4, -0.2) is 25.1 Å². The molecule has 0 N–H and O–H groups in total. The zero-order valence-corrected chi connectivity index (χ0v) is 11.2. The molecule has 17 heavy (non-hydrogen) atoms. The fraction of sp³-hybridized carbons (Fsp3) is 0.500. The van der Waals surface area contributed by atoms with Crippen molar-refractivity contribution in [1.82, 2.24) is 4.90 Å². The van der Waals surface area contributed by atoms with Gasteiger partial charge in [0.2, 0.25) is 0 Å². The zero-order chi connectivity index (χ0) is 13.0. The van der Waals surface area contributed by atoms with E-state index in [4.69, 9.17) is 10.00 Å². The van der Waals surface area contributed by atoms with Gasteiger partial charge in [0.05, 0.1) is 19.2 Å². The van der Waals surface area contributed by atoms with Crippen molar-refractivity contribution in [3.63, 3.8) is 0 Å². The van der Waals surface area contributed by atoms with E-state index < -0.39 is 0 Å². The summed E-state index contributed by atoms with van der Waals surface area (Å²) in [6.07, 6.45) is 0. The van der Waals surface area contributed by atoms with Gasteiger partial charge in [-0.2, -0.15) is 5.26 Å². The third-order valence-electron chi connectivity index (χ3n) is 3.12. The monoisotopic (exact) mass is 232 g/mol. The first-order valence-electron chi connectivity index (χ1n) is 5.73. The molecule has 0 fully saturated rings. The van der Waals surface area contributed by atoms with E-state index >= 15 is 0 Å². The number of ether oxygens (including phenoxy) is 1. The van der Waals surface area contributed by atoms with E-state index in [1.807, 2.05) is 25.8 Å². The standard InChI is InChI=1S/C14H20N2O/c1-10-7-14(17-5)11(2)6-13(10)9-16(4)12(3)8-15/h6-7,12H,9H2,1-5H3. The molecule has 0 radical (unpaired) electrons. The van der Waals surface area contributed by atoms with E-state index in [1.54, 1.807) is 7.11 Å². The zero-order valence-electron chi connectivity index (χ0n) is 11.2. The lowest BCUT2D eigenvalue weighted by Gasteiger charge is -2.21. The highest BCUT2D eigenvalue weighted by atomic mass is 16.5. The Bertz CT molecular complexity index is 435. The smallest absolute Gasteiger partial charge is 0.122 e.